The molecule has 0 spiro atoms. The highest BCUT2D eigenvalue weighted by Gasteiger charge is 2.09. The van der Waals surface area contributed by atoms with Gasteiger partial charge in [-0.15, -0.1) is 0 Å². The number of hydrogen-bond donors (Lipinski definition) is 2. The maximum Gasteiger partial charge on any atom is 0.0198 e. The Morgan fingerprint density at radius 3 is 2.44 bits per heavy atom. The van der Waals surface area contributed by atoms with E-state index in [1.165, 1.54) is 24.8 Å². The minimum Gasteiger partial charge on any atom is -0.315 e. The van der Waals surface area contributed by atoms with E-state index >= 15 is 0 Å². The fraction of sp³-hybridized carbons (Fsp3) is 0.571. The van der Waals surface area contributed by atoms with Gasteiger partial charge in [0.15, 0.2) is 0 Å². The molecule has 0 aliphatic rings. The third kappa shape index (κ3) is 6.91. The fourth-order valence-electron chi connectivity index (χ4n) is 1.62. The molecule has 2 heteroatoms. The normalized spacial score (nSPS) is 11.7. The lowest BCUT2D eigenvalue weighted by Gasteiger charge is -2.17. The van der Waals surface area contributed by atoms with Crippen LogP contribution in [0.1, 0.15) is 32.3 Å². The molecule has 1 nitrogen and oxygen atoms in total. The second-order valence-electron chi connectivity index (χ2n) is 4.93. The number of rotatable bonds is 7. The number of aryl methyl sites for hydroxylation is 1. The van der Waals surface area contributed by atoms with Crippen molar-refractivity contribution in [3.05, 3.63) is 35.9 Å². The van der Waals surface area contributed by atoms with Crippen molar-refractivity contribution in [3.63, 3.8) is 0 Å². The van der Waals surface area contributed by atoms with Crippen LogP contribution < -0.4 is 5.32 Å². The van der Waals surface area contributed by atoms with Gasteiger partial charge in [-0.3, -0.25) is 0 Å². The van der Waals surface area contributed by atoms with Crippen molar-refractivity contribution in [3.8, 4) is 0 Å². The van der Waals surface area contributed by atoms with Crippen LogP contribution in [-0.4, -0.2) is 17.8 Å². The predicted octanol–water partition coefficient (Wildman–Crippen LogP) is 3.31. The van der Waals surface area contributed by atoms with Gasteiger partial charge in [-0.25, -0.2) is 0 Å². The third-order valence-electron chi connectivity index (χ3n) is 2.47. The van der Waals surface area contributed by atoms with Gasteiger partial charge in [0.1, 0.15) is 0 Å². The van der Waals surface area contributed by atoms with E-state index in [2.05, 4.69) is 62.1 Å². The highest BCUT2D eigenvalue weighted by molar-refractivity contribution is 7.81. The lowest BCUT2D eigenvalue weighted by atomic mass is 10.1. The summed E-state index contributed by atoms with van der Waals surface area (Å²) in [6.45, 7) is 6.33. The van der Waals surface area contributed by atoms with Crippen LogP contribution in [0.2, 0.25) is 0 Å². The van der Waals surface area contributed by atoms with Gasteiger partial charge < -0.3 is 5.32 Å². The van der Waals surface area contributed by atoms with Gasteiger partial charge in [0, 0.05) is 11.3 Å². The highest BCUT2D eigenvalue weighted by atomic mass is 32.1. The smallest absolute Gasteiger partial charge is 0.0198 e. The summed E-state index contributed by atoms with van der Waals surface area (Å²) in [5.41, 5.74) is 1.44. The van der Waals surface area contributed by atoms with Gasteiger partial charge in [-0.05, 0) is 45.2 Å². The maximum absolute atomic E-state index is 4.47. The van der Waals surface area contributed by atoms with Crippen molar-refractivity contribution in [2.24, 2.45) is 0 Å². The van der Waals surface area contributed by atoms with Crippen LogP contribution in [0, 0.1) is 0 Å². The van der Waals surface area contributed by atoms with E-state index in [4.69, 9.17) is 0 Å². The lowest BCUT2D eigenvalue weighted by molar-refractivity contribution is 0.567. The van der Waals surface area contributed by atoms with Crippen LogP contribution in [0.15, 0.2) is 30.3 Å². The highest BCUT2D eigenvalue weighted by Crippen LogP contribution is 2.09. The lowest BCUT2D eigenvalue weighted by Crippen LogP contribution is -2.30. The molecule has 0 amide bonds. The molecular formula is C14H23NS. The minimum atomic E-state index is 0.0967. The quantitative estimate of drug-likeness (QED) is 0.548. The van der Waals surface area contributed by atoms with Crippen LogP contribution in [0.3, 0.4) is 0 Å². The third-order valence-corrected chi connectivity index (χ3v) is 2.63. The summed E-state index contributed by atoms with van der Waals surface area (Å²) < 4.78 is 0.0967. The minimum absolute atomic E-state index is 0.0967. The SMILES string of the molecule is CC(C)(S)CNCCCCc1ccccc1. The van der Waals surface area contributed by atoms with Crippen molar-refractivity contribution in [2.45, 2.75) is 37.9 Å². The zero-order chi connectivity index (χ0) is 11.9. The molecule has 0 saturated carbocycles. The molecule has 0 heterocycles. The number of thiol groups is 1. The Labute approximate surface area is 105 Å². The Morgan fingerprint density at radius 2 is 1.81 bits per heavy atom. The molecule has 1 aromatic carbocycles. The second kappa shape index (κ2) is 6.97. The predicted molar refractivity (Wildman–Crippen MR) is 75.3 cm³/mol. The Morgan fingerprint density at radius 1 is 1.12 bits per heavy atom. The molecule has 0 aliphatic carbocycles. The Kier molecular flexibility index (Phi) is 5.93. The van der Waals surface area contributed by atoms with Crippen molar-refractivity contribution in [1.29, 1.82) is 0 Å². The molecule has 0 unspecified atom stereocenters. The molecule has 0 saturated heterocycles. The Bertz CT molecular complexity index is 277. The zero-order valence-electron chi connectivity index (χ0n) is 10.4. The molecule has 0 atom stereocenters. The molecule has 1 aromatic rings. The summed E-state index contributed by atoms with van der Waals surface area (Å²) in [6.07, 6.45) is 3.68. The molecule has 90 valence electrons. The summed E-state index contributed by atoms with van der Waals surface area (Å²) in [4.78, 5) is 0. The first-order valence-electron chi connectivity index (χ1n) is 6.05. The number of unbranched alkanes of at least 4 members (excludes halogenated alkanes) is 1. The molecule has 1 rings (SSSR count). The molecule has 0 aromatic heterocycles. The first-order valence-corrected chi connectivity index (χ1v) is 6.50. The standard InChI is InChI=1S/C14H23NS/c1-14(2,16)12-15-11-7-6-10-13-8-4-3-5-9-13/h3-5,8-9,15-16H,6-7,10-12H2,1-2H3. The fourth-order valence-corrected chi connectivity index (χ4v) is 1.73. The Balaban J connectivity index is 2.01. The van der Waals surface area contributed by atoms with E-state index in [-0.39, 0.29) is 4.75 Å². The van der Waals surface area contributed by atoms with E-state index in [0.29, 0.717) is 0 Å². The summed E-state index contributed by atoms with van der Waals surface area (Å²) in [7, 11) is 0. The maximum atomic E-state index is 4.47. The van der Waals surface area contributed by atoms with E-state index in [0.717, 1.165) is 13.1 Å². The van der Waals surface area contributed by atoms with Crippen LogP contribution in [-0.2, 0) is 6.42 Å². The summed E-state index contributed by atoms with van der Waals surface area (Å²) in [6, 6.07) is 10.7. The van der Waals surface area contributed by atoms with Gasteiger partial charge in [-0.2, -0.15) is 12.6 Å². The largest absolute Gasteiger partial charge is 0.315 e. The molecule has 0 bridgehead atoms. The van der Waals surface area contributed by atoms with Crippen LogP contribution in [0.25, 0.3) is 0 Å². The van der Waals surface area contributed by atoms with Gasteiger partial charge in [0.05, 0.1) is 0 Å². The summed E-state index contributed by atoms with van der Waals surface area (Å²) in [5.74, 6) is 0. The van der Waals surface area contributed by atoms with Gasteiger partial charge >= 0.3 is 0 Å². The van der Waals surface area contributed by atoms with Gasteiger partial charge in [-0.1, -0.05) is 30.3 Å². The van der Waals surface area contributed by atoms with E-state index in [9.17, 15) is 0 Å². The average molecular weight is 237 g/mol. The molecule has 16 heavy (non-hydrogen) atoms. The molecular weight excluding hydrogens is 214 g/mol. The average Bonchev–Trinajstić information content (AvgIpc) is 2.23. The van der Waals surface area contributed by atoms with Crippen molar-refractivity contribution in [1.82, 2.24) is 5.32 Å². The molecule has 0 aliphatic heterocycles. The van der Waals surface area contributed by atoms with Crippen LogP contribution >= 0.6 is 12.6 Å². The topological polar surface area (TPSA) is 12.0 Å². The van der Waals surface area contributed by atoms with Crippen molar-refractivity contribution < 1.29 is 0 Å². The number of nitrogens with one attached hydrogen (secondary N) is 1. The summed E-state index contributed by atoms with van der Waals surface area (Å²) in [5, 5.41) is 3.44. The summed E-state index contributed by atoms with van der Waals surface area (Å²) >= 11 is 4.47. The van der Waals surface area contributed by atoms with Crippen molar-refractivity contribution in [2.75, 3.05) is 13.1 Å². The van der Waals surface area contributed by atoms with Gasteiger partial charge in [0.25, 0.3) is 0 Å². The van der Waals surface area contributed by atoms with E-state index < -0.39 is 0 Å². The molecule has 0 fully saturated rings. The number of hydrogen-bond acceptors (Lipinski definition) is 2. The van der Waals surface area contributed by atoms with Crippen LogP contribution in [0.4, 0.5) is 0 Å². The molecule has 1 N–H and O–H groups in total. The zero-order valence-corrected chi connectivity index (χ0v) is 11.3. The van der Waals surface area contributed by atoms with Crippen LogP contribution in [0.5, 0.6) is 0 Å². The van der Waals surface area contributed by atoms with E-state index in [1.54, 1.807) is 0 Å². The second-order valence-corrected chi connectivity index (χ2v) is 6.14. The number of benzene rings is 1. The van der Waals surface area contributed by atoms with Gasteiger partial charge in [0.2, 0.25) is 0 Å². The monoisotopic (exact) mass is 237 g/mol. The first-order chi connectivity index (χ1) is 7.58. The van der Waals surface area contributed by atoms with Crippen molar-refractivity contribution >= 4 is 12.6 Å². The first kappa shape index (κ1) is 13.6. The molecule has 0 radical (unpaired) electrons. The van der Waals surface area contributed by atoms with E-state index in [1.807, 2.05) is 0 Å². The Hall–Kier alpha value is -0.470.